The van der Waals surface area contributed by atoms with Crippen molar-refractivity contribution in [3.8, 4) is 5.75 Å². The van der Waals surface area contributed by atoms with Gasteiger partial charge in [-0.1, -0.05) is 29.8 Å². The molecule has 0 atom stereocenters. The Bertz CT molecular complexity index is 616. The molecule has 2 rings (SSSR count). The predicted octanol–water partition coefficient (Wildman–Crippen LogP) is 3.61. The fourth-order valence-electron chi connectivity index (χ4n) is 1.93. The Hall–Kier alpha value is -2.07. The minimum atomic E-state index is -0.305. The molecule has 0 aliphatic heterocycles. The van der Waals surface area contributed by atoms with Crippen molar-refractivity contribution in [3.05, 3.63) is 64.9 Å². The SMILES string of the molecule is O=C(CCc1ccccc1Cl)NCCOc1ccc(F)cc1. The van der Waals surface area contributed by atoms with Crippen LogP contribution in [-0.4, -0.2) is 19.1 Å². The van der Waals surface area contributed by atoms with Gasteiger partial charge in [0, 0.05) is 11.4 Å². The standard InChI is InChI=1S/C17H17ClFNO2/c18-16-4-2-1-3-13(16)5-10-17(21)20-11-12-22-15-8-6-14(19)7-9-15/h1-4,6-9H,5,10-12H2,(H,20,21). The maximum absolute atomic E-state index is 12.7. The number of amides is 1. The Balaban J connectivity index is 1.64. The van der Waals surface area contributed by atoms with Crippen LogP contribution in [0, 0.1) is 5.82 Å². The summed E-state index contributed by atoms with van der Waals surface area (Å²) in [6.07, 6.45) is 0.977. The molecule has 5 heteroatoms. The van der Waals surface area contributed by atoms with Crippen molar-refractivity contribution >= 4 is 17.5 Å². The van der Waals surface area contributed by atoms with Gasteiger partial charge in [-0.15, -0.1) is 0 Å². The maximum atomic E-state index is 12.7. The molecule has 116 valence electrons. The lowest BCUT2D eigenvalue weighted by molar-refractivity contribution is -0.121. The van der Waals surface area contributed by atoms with Gasteiger partial charge in [-0.05, 0) is 42.3 Å². The van der Waals surface area contributed by atoms with Crippen LogP contribution in [0.25, 0.3) is 0 Å². The minimum absolute atomic E-state index is 0.0531. The molecule has 2 aromatic rings. The first kappa shape index (κ1) is 16.3. The molecule has 0 radical (unpaired) electrons. The average Bonchev–Trinajstić information content (AvgIpc) is 2.52. The summed E-state index contributed by atoms with van der Waals surface area (Å²) in [5.74, 6) is 0.217. The van der Waals surface area contributed by atoms with Crippen LogP contribution in [0.1, 0.15) is 12.0 Å². The largest absolute Gasteiger partial charge is 0.492 e. The first-order chi connectivity index (χ1) is 10.6. The molecular formula is C17H17ClFNO2. The highest BCUT2D eigenvalue weighted by atomic mass is 35.5. The molecule has 22 heavy (non-hydrogen) atoms. The van der Waals surface area contributed by atoms with Gasteiger partial charge in [-0.2, -0.15) is 0 Å². The van der Waals surface area contributed by atoms with E-state index in [2.05, 4.69) is 5.32 Å². The van der Waals surface area contributed by atoms with Gasteiger partial charge in [0.2, 0.25) is 5.91 Å². The van der Waals surface area contributed by atoms with E-state index in [9.17, 15) is 9.18 Å². The molecule has 0 fully saturated rings. The smallest absolute Gasteiger partial charge is 0.220 e. The third kappa shape index (κ3) is 5.37. The van der Waals surface area contributed by atoms with E-state index in [0.29, 0.717) is 36.8 Å². The van der Waals surface area contributed by atoms with E-state index in [1.165, 1.54) is 12.1 Å². The van der Waals surface area contributed by atoms with Crippen LogP contribution in [0.2, 0.25) is 5.02 Å². The Kier molecular flexibility index (Phi) is 6.22. The van der Waals surface area contributed by atoms with Gasteiger partial charge >= 0.3 is 0 Å². The van der Waals surface area contributed by atoms with Gasteiger partial charge in [0.15, 0.2) is 0 Å². The number of rotatable bonds is 7. The van der Waals surface area contributed by atoms with E-state index < -0.39 is 0 Å². The second-order valence-electron chi connectivity index (χ2n) is 4.74. The summed E-state index contributed by atoms with van der Waals surface area (Å²) in [6, 6.07) is 13.2. The molecule has 0 aliphatic carbocycles. The summed E-state index contributed by atoms with van der Waals surface area (Å²) >= 11 is 6.04. The van der Waals surface area contributed by atoms with Gasteiger partial charge < -0.3 is 10.1 Å². The van der Waals surface area contributed by atoms with Crippen molar-refractivity contribution in [3.63, 3.8) is 0 Å². The fraction of sp³-hybridized carbons (Fsp3) is 0.235. The second kappa shape index (κ2) is 8.39. The van der Waals surface area contributed by atoms with E-state index in [1.807, 2.05) is 24.3 Å². The van der Waals surface area contributed by atoms with Gasteiger partial charge in [0.1, 0.15) is 18.2 Å². The molecule has 1 N–H and O–H groups in total. The highest BCUT2D eigenvalue weighted by molar-refractivity contribution is 6.31. The summed E-state index contributed by atoms with van der Waals surface area (Å²) < 4.78 is 18.1. The average molecular weight is 322 g/mol. The van der Waals surface area contributed by atoms with Crippen LogP contribution in [0.15, 0.2) is 48.5 Å². The van der Waals surface area contributed by atoms with Crippen LogP contribution in [-0.2, 0) is 11.2 Å². The lowest BCUT2D eigenvalue weighted by Crippen LogP contribution is -2.28. The molecule has 0 unspecified atom stereocenters. The number of benzene rings is 2. The van der Waals surface area contributed by atoms with E-state index in [1.54, 1.807) is 12.1 Å². The molecule has 2 aromatic carbocycles. The molecule has 3 nitrogen and oxygen atoms in total. The zero-order valence-corrected chi connectivity index (χ0v) is 12.8. The van der Waals surface area contributed by atoms with Gasteiger partial charge in [-0.25, -0.2) is 4.39 Å². The predicted molar refractivity (Wildman–Crippen MR) is 84.7 cm³/mol. The summed E-state index contributed by atoms with van der Waals surface area (Å²) in [5, 5.41) is 3.45. The van der Waals surface area contributed by atoms with Crippen molar-refractivity contribution in [2.45, 2.75) is 12.8 Å². The Labute approximate surface area is 134 Å². The first-order valence-corrected chi connectivity index (χ1v) is 7.41. The van der Waals surface area contributed by atoms with Crippen LogP contribution in [0.5, 0.6) is 5.75 Å². The van der Waals surface area contributed by atoms with Gasteiger partial charge in [-0.3, -0.25) is 4.79 Å². The maximum Gasteiger partial charge on any atom is 0.220 e. The number of nitrogens with one attached hydrogen (secondary N) is 1. The zero-order chi connectivity index (χ0) is 15.8. The third-order valence-corrected chi connectivity index (χ3v) is 3.45. The molecule has 0 aliphatic rings. The minimum Gasteiger partial charge on any atom is -0.492 e. The number of ether oxygens (including phenoxy) is 1. The Morgan fingerprint density at radius 2 is 1.86 bits per heavy atom. The number of carbonyl (C=O) groups is 1. The van der Waals surface area contributed by atoms with E-state index in [-0.39, 0.29) is 11.7 Å². The molecule has 1 amide bonds. The molecule has 0 heterocycles. The number of aryl methyl sites for hydroxylation is 1. The van der Waals surface area contributed by atoms with Crippen molar-refractivity contribution in [2.75, 3.05) is 13.2 Å². The lowest BCUT2D eigenvalue weighted by Gasteiger charge is -2.08. The number of halogens is 2. The van der Waals surface area contributed by atoms with Crippen molar-refractivity contribution in [1.82, 2.24) is 5.32 Å². The molecule has 0 spiro atoms. The van der Waals surface area contributed by atoms with Crippen molar-refractivity contribution in [2.24, 2.45) is 0 Å². The lowest BCUT2D eigenvalue weighted by atomic mass is 10.1. The van der Waals surface area contributed by atoms with Gasteiger partial charge in [0.05, 0.1) is 6.54 Å². The summed E-state index contributed by atoms with van der Waals surface area (Å²) in [7, 11) is 0. The van der Waals surface area contributed by atoms with Crippen molar-refractivity contribution < 1.29 is 13.9 Å². The highest BCUT2D eigenvalue weighted by Gasteiger charge is 2.04. The summed E-state index contributed by atoms with van der Waals surface area (Å²) in [4.78, 5) is 11.7. The third-order valence-electron chi connectivity index (χ3n) is 3.09. The number of hydrogen-bond acceptors (Lipinski definition) is 2. The summed E-state index contributed by atoms with van der Waals surface area (Å²) in [5.41, 5.74) is 0.960. The second-order valence-corrected chi connectivity index (χ2v) is 5.15. The molecule has 0 saturated carbocycles. The Morgan fingerprint density at radius 3 is 2.59 bits per heavy atom. The van der Waals surface area contributed by atoms with Crippen LogP contribution in [0.4, 0.5) is 4.39 Å². The van der Waals surface area contributed by atoms with E-state index in [4.69, 9.17) is 16.3 Å². The zero-order valence-electron chi connectivity index (χ0n) is 12.0. The molecular weight excluding hydrogens is 305 g/mol. The molecule has 0 saturated heterocycles. The molecule has 0 aromatic heterocycles. The van der Waals surface area contributed by atoms with Crippen LogP contribution >= 0.6 is 11.6 Å². The molecule has 0 bridgehead atoms. The number of hydrogen-bond donors (Lipinski definition) is 1. The van der Waals surface area contributed by atoms with E-state index in [0.717, 1.165) is 5.56 Å². The van der Waals surface area contributed by atoms with Crippen molar-refractivity contribution in [1.29, 1.82) is 0 Å². The van der Waals surface area contributed by atoms with Crippen LogP contribution < -0.4 is 10.1 Å². The monoisotopic (exact) mass is 321 g/mol. The van der Waals surface area contributed by atoms with Crippen LogP contribution in [0.3, 0.4) is 0 Å². The number of carbonyl (C=O) groups excluding carboxylic acids is 1. The van der Waals surface area contributed by atoms with Gasteiger partial charge in [0.25, 0.3) is 0 Å². The topological polar surface area (TPSA) is 38.3 Å². The highest BCUT2D eigenvalue weighted by Crippen LogP contribution is 2.16. The first-order valence-electron chi connectivity index (χ1n) is 7.03. The summed E-state index contributed by atoms with van der Waals surface area (Å²) in [6.45, 7) is 0.738. The quantitative estimate of drug-likeness (QED) is 0.791. The normalized spacial score (nSPS) is 10.3. The van der Waals surface area contributed by atoms with E-state index >= 15 is 0 Å². The Morgan fingerprint density at radius 1 is 1.14 bits per heavy atom. The fourth-order valence-corrected chi connectivity index (χ4v) is 2.16.